The Kier molecular flexibility index (Phi) is 2.85. The molecular formula is C8H13N3OS. The number of aryl methyl sites for hydroxylation is 1. The third kappa shape index (κ3) is 2.45. The number of rotatable bonds is 3. The van der Waals surface area contributed by atoms with Gasteiger partial charge in [0.1, 0.15) is 0 Å². The van der Waals surface area contributed by atoms with E-state index in [4.69, 9.17) is 4.52 Å². The molecule has 5 heteroatoms. The molecule has 1 unspecified atom stereocenters. The lowest BCUT2D eigenvalue weighted by Crippen LogP contribution is -2.28. The van der Waals surface area contributed by atoms with Crippen LogP contribution in [0.4, 0.5) is 0 Å². The summed E-state index contributed by atoms with van der Waals surface area (Å²) in [4.78, 5) is 4.12. The van der Waals surface area contributed by atoms with Gasteiger partial charge in [0, 0.05) is 11.8 Å². The van der Waals surface area contributed by atoms with E-state index in [1.165, 1.54) is 17.9 Å². The third-order valence-corrected chi connectivity index (χ3v) is 3.20. The van der Waals surface area contributed by atoms with E-state index in [1.54, 1.807) is 0 Å². The second-order valence-electron chi connectivity index (χ2n) is 3.18. The van der Waals surface area contributed by atoms with Gasteiger partial charge in [-0.15, -0.1) is 0 Å². The third-order valence-electron chi connectivity index (χ3n) is 2.04. The van der Waals surface area contributed by atoms with Crippen molar-refractivity contribution in [1.29, 1.82) is 0 Å². The molecule has 0 aliphatic carbocycles. The lowest BCUT2D eigenvalue weighted by Gasteiger charge is -2.07. The van der Waals surface area contributed by atoms with Crippen LogP contribution in [0, 0.1) is 6.92 Å². The average Bonchev–Trinajstić information content (AvgIpc) is 2.71. The summed E-state index contributed by atoms with van der Waals surface area (Å²) in [5.41, 5.74) is 0. The predicted octanol–water partition coefficient (Wildman–Crippen LogP) is 0.973. The van der Waals surface area contributed by atoms with Crippen molar-refractivity contribution in [3.63, 3.8) is 0 Å². The number of aromatic nitrogens is 2. The first-order valence-corrected chi connectivity index (χ1v) is 5.60. The molecule has 0 spiro atoms. The summed E-state index contributed by atoms with van der Waals surface area (Å²) in [6, 6.07) is 0.622. The molecule has 1 aromatic rings. The standard InChI is InChI=1S/C8H13N3OS/c1-6-10-8(12-11-6)4-9-7-2-3-13-5-7/h7,9H,2-5H2,1H3. The van der Waals surface area contributed by atoms with Crippen LogP contribution >= 0.6 is 11.8 Å². The molecule has 0 amide bonds. The van der Waals surface area contributed by atoms with Gasteiger partial charge in [-0.3, -0.25) is 0 Å². The Balaban J connectivity index is 1.78. The van der Waals surface area contributed by atoms with E-state index in [2.05, 4.69) is 15.5 Å². The van der Waals surface area contributed by atoms with Crippen LogP contribution in [0.2, 0.25) is 0 Å². The lowest BCUT2D eigenvalue weighted by molar-refractivity contribution is 0.357. The van der Waals surface area contributed by atoms with Gasteiger partial charge in [-0.05, 0) is 19.1 Å². The molecule has 4 nitrogen and oxygen atoms in total. The molecule has 2 rings (SSSR count). The maximum atomic E-state index is 4.99. The zero-order valence-electron chi connectivity index (χ0n) is 7.62. The van der Waals surface area contributed by atoms with Crippen LogP contribution in [0.15, 0.2) is 4.52 Å². The molecule has 0 bridgehead atoms. The van der Waals surface area contributed by atoms with Crippen LogP contribution in [0.1, 0.15) is 18.1 Å². The first-order valence-electron chi connectivity index (χ1n) is 4.45. The molecule has 1 atom stereocenters. The van der Waals surface area contributed by atoms with E-state index in [0.717, 1.165) is 0 Å². The zero-order chi connectivity index (χ0) is 9.10. The largest absolute Gasteiger partial charge is 0.338 e. The van der Waals surface area contributed by atoms with Gasteiger partial charge in [-0.25, -0.2) is 0 Å². The number of nitrogens with one attached hydrogen (secondary N) is 1. The van der Waals surface area contributed by atoms with Crippen molar-refractivity contribution in [2.24, 2.45) is 0 Å². The zero-order valence-corrected chi connectivity index (χ0v) is 8.43. The van der Waals surface area contributed by atoms with Crippen molar-refractivity contribution in [3.05, 3.63) is 11.7 Å². The van der Waals surface area contributed by atoms with Crippen LogP contribution in [-0.4, -0.2) is 27.7 Å². The Bertz CT molecular complexity index is 270. The molecule has 1 aromatic heterocycles. The fourth-order valence-corrected chi connectivity index (χ4v) is 2.53. The summed E-state index contributed by atoms with van der Waals surface area (Å²) >= 11 is 1.99. The highest BCUT2D eigenvalue weighted by Crippen LogP contribution is 2.17. The highest BCUT2D eigenvalue weighted by Gasteiger charge is 2.15. The van der Waals surface area contributed by atoms with Crippen molar-refractivity contribution in [2.45, 2.75) is 25.9 Å². The monoisotopic (exact) mass is 199 g/mol. The summed E-state index contributed by atoms with van der Waals surface area (Å²) in [5.74, 6) is 3.86. The van der Waals surface area contributed by atoms with Crippen molar-refractivity contribution in [1.82, 2.24) is 15.5 Å². The lowest BCUT2D eigenvalue weighted by atomic mass is 10.3. The summed E-state index contributed by atoms with van der Waals surface area (Å²) in [5, 5.41) is 7.12. The number of nitrogens with zero attached hydrogens (tertiary/aromatic N) is 2. The van der Waals surface area contributed by atoms with Crippen LogP contribution in [-0.2, 0) is 6.54 Å². The Hall–Kier alpha value is -0.550. The molecule has 13 heavy (non-hydrogen) atoms. The highest BCUT2D eigenvalue weighted by molar-refractivity contribution is 7.99. The SMILES string of the molecule is Cc1noc(CNC2CCSC2)n1. The van der Waals surface area contributed by atoms with E-state index in [0.29, 0.717) is 24.3 Å². The van der Waals surface area contributed by atoms with Gasteiger partial charge in [0.25, 0.3) is 0 Å². The molecule has 1 aliphatic rings. The minimum Gasteiger partial charge on any atom is -0.338 e. The summed E-state index contributed by atoms with van der Waals surface area (Å²) < 4.78 is 4.99. The van der Waals surface area contributed by atoms with Crippen LogP contribution in [0.3, 0.4) is 0 Å². The van der Waals surface area contributed by atoms with E-state index >= 15 is 0 Å². The maximum Gasteiger partial charge on any atom is 0.240 e. The van der Waals surface area contributed by atoms with Gasteiger partial charge in [0.15, 0.2) is 5.82 Å². The van der Waals surface area contributed by atoms with Crippen molar-refractivity contribution in [2.75, 3.05) is 11.5 Å². The second-order valence-corrected chi connectivity index (χ2v) is 4.33. The minimum absolute atomic E-state index is 0.622. The predicted molar refractivity (Wildman–Crippen MR) is 51.6 cm³/mol. The summed E-state index contributed by atoms with van der Waals surface area (Å²) in [7, 11) is 0. The quantitative estimate of drug-likeness (QED) is 0.786. The minimum atomic E-state index is 0.622. The van der Waals surface area contributed by atoms with Gasteiger partial charge < -0.3 is 9.84 Å². The molecule has 1 fully saturated rings. The maximum absolute atomic E-state index is 4.99. The van der Waals surface area contributed by atoms with Gasteiger partial charge in [0.05, 0.1) is 6.54 Å². The van der Waals surface area contributed by atoms with E-state index < -0.39 is 0 Å². The molecule has 2 heterocycles. The summed E-state index contributed by atoms with van der Waals surface area (Å²) in [6.07, 6.45) is 1.25. The normalized spacial score (nSPS) is 22.4. The molecular weight excluding hydrogens is 186 g/mol. The Labute approximate surface area is 81.5 Å². The van der Waals surface area contributed by atoms with Gasteiger partial charge in [0.2, 0.25) is 5.89 Å². The van der Waals surface area contributed by atoms with Crippen molar-refractivity contribution >= 4 is 11.8 Å². The highest BCUT2D eigenvalue weighted by atomic mass is 32.2. The fourth-order valence-electron chi connectivity index (χ4n) is 1.34. The molecule has 1 N–H and O–H groups in total. The van der Waals surface area contributed by atoms with Crippen LogP contribution in [0.25, 0.3) is 0 Å². The molecule has 72 valence electrons. The molecule has 0 radical (unpaired) electrons. The number of hydrogen-bond donors (Lipinski definition) is 1. The molecule has 1 aliphatic heterocycles. The van der Waals surface area contributed by atoms with Gasteiger partial charge in [-0.2, -0.15) is 16.7 Å². The summed E-state index contributed by atoms with van der Waals surface area (Å²) in [6.45, 7) is 2.53. The number of hydrogen-bond acceptors (Lipinski definition) is 5. The second kappa shape index (κ2) is 4.11. The van der Waals surface area contributed by atoms with Crippen LogP contribution in [0.5, 0.6) is 0 Å². The smallest absolute Gasteiger partial charge is 0.240 e. The van der Waals surface area contributed by atoms with E-state index in [9.17, 15) is 0 Å². The average molecular weight is 199 g/mol. The molecule has 0 aromatic carbocycles. The van der Waals surface area contributed by atoms with Gasteiger partial charge >= 0.3 is 0 Å². The topological polar surface area (TPSA) is 51.0 Å². The Morgan fingerprint density at radius 1 is 1.69 bits per heavy atom. The fraction of sp³-hybridized carbons (Fsp3) is 0.750. The van der Waals surface area contributed by atoms with E-state index in [-0.39, 0.29) is 0 Å². The van der Waals surface area contributed by atoms with Crippen molar-refractivity contribution in [3.8, 4) is 0 Å². The van der Waals surface area contributed by atoms with Crippen LogP contribution < -0.4 is 5.32 Å². The number of thioether (sulfide) groups is 1. The van der Waals surface area contributed by atoms with Gasteiger partial charge in [-0.1, -0.05) is 5.16 Å². The first kappa shape index (κ1) is 9.02. The van der Waals surface area contributed by atoms with E-state index in [1.807, 2.05) is 18.7 Å². The van der Waals surface area contributed by atoms with Crippen molar-refractivity contribution < 1.29 is 4.52 Å². The Morgan fingerprint density at radius 3 is 3.23 bits per heavy atom. The first-order chi connectivity index (χ1) is 6.34. The molecule has 0 saturated carbocycles. The Morgan fingerprint density at radius 2 is 2.62 bits per heavy atom. The molecule has 1 saturated heterocycles.